The van der Waals surface area contributed by atoms with E-state index in [0.29, 0.717) is 5.69 Å². The van der Waals surface area contributed by atoms with Crippen LogP contribution >= 0.6 is 11.8 Å². The summed E-state index contributed by atoms with van der Waals surface area (Å²) >= 11 is 1.64. The number of carbonyl (C=O) groups excluding carboxylic acids is 2. The number of anilines is 2. The number of aliphatic imine (C=N–C) groups is 1. The highest BCUT2D eigenvalue weighted by molar-refractivity contribution is 8.14. The van der Waals surface area contributed by atoms with Gasteiger partial charge in [0.25, 0.3) is 0 Å². The number of hydrogen-bond acceptors (Lipinski definition) is 6. The number of thioether (sulfide) groups is 1. The molecule has 1 aromatic carbocycles. The highest BCUT2D eigenvalue weighted by Gasteiger charge is 2.29. The van der Waals surface area contributed by atoms with E-state index in [1.54, 1.807) is 18.7 Å². The van der Waals surface area contributed by atoms with Gasteiger partial charge in [-0.15, -0.1) is 0 Å². The Morgan fingerprint density at radius 2 is 2.27 bits per heavy atom. The number of nitrogens with one attached hydrogen (secondary N) is 2. The average molecular weight is 320 g/mol. The van der Waals surface area contributed by atoms with E-state index in [4.69, 9.17) is 0 Å². The highest BCUT2D eigenvalue weighted by atomic mass is 32.2. The first-order valence-electron chi connectivity index (χ1n) is 6.87. The lowest BCUT2D eigenvalue weighted by atomic mass is 10.2. The molecule has 116 valence electrons. The molecule has 0 saturated carbocycles. The van der Waals surface area contributed by atoms with E-state index in [-0.39, 0.29) is 0 Å². The summed E-state index contributed by atoms with van der Waals surface area (Å²) in [6, 6.07) is 4.56. The average Bonchev–Trinajstić information content (AvgIpc) is 3.07. The first kappa shape index (κ1) is 14.7. The second-order valence-electron chi connectivity index (χ2n) is 4.94. The number of hydrogen-bond donors (Lipinski definition) is 2. The molecule has 2 aliphatic rings. The Balaban J connectivity index is 1.67. The molecule has 1 aromatic rings. The van der Waals surface area contributed by atoms with Crippen molar-refractivity contribution in [3.8, 4) is 0 Å². The van der Waals surface area contributed by atoms with E-state index < -0.39 is 18.0 Å². The lowest BCUT2D eigenvalue weighted by Gasteiger charge is -2.15. The third-order valence-electron chi connectivity index (χ3n) is 3.41. The molecule has 2 N–H and O–H groups in total. The van der Waals surface area contributed by atoms with Crippen LogP contribution in [0.3, 0.4) is 0 Å². The van der Waals surface area contributed by atoms with Crippen LogP contribution in [0, 0.1) is 0 Å². The van der Waals surface area contributed by atoms with Crippen LogP contribution in [-0.4, -0.2) is 43.4 Å². The van der Waals surface area contributed by atoms with Gasteiger partial charge in [0, 0.05) is 17.1 Å². The summed E-state index contributed by atoms with van der Waals surface area (Å²) in [6.45, 7) is 3.23. The van der Waals surface area contributed by atoms with Crippen LogP contribution in [0.15, 0.2) is 28.1 Å². The topological polar surface area (TPSA) is 83.0 Å². The van der Waals surface area contributed by atoms with Crippen molar-refractivity contribution in [1.29, 1.82) is 0 Å². The number of fused-ring (bicyclic) bond motifs is 3. The van der Waals surface area contributed by atoms with Gasteiger partial charge in [-0.3, -0.25) is 4.99 Å². The van der Waals surface area contributed by atoms with Crippen molar-refractivity contribution >= 4 is 40.3 Å². The fourth-order valence-corrected chi connectivity index (χ4v) is 3.39. The van der Waals surface area contributed by atoms with E-state index >= 15 is 0 Å². The van der Waals surface area contributed by atoms with Crippen molar-refractivity contribution in [2.75, 3.05) is 30.4 Å². The van der Waals surface area contributed by atoms with Gasteiger partial charge in [-0.05, 0) is 36.9 Å². The molecule has 2 aliphatic heterocycles. The van der Waals surface area contributed by atoms with E-state index in [1.807, 2.05) is 18.2 Å². The van der Waals surface area contributed by atoms with Gasteiger partial charge < -0.3 is 20.3 Å². The van der Waals surface area contributed by atoms with Crippen LogP contribution in [0.2, 0.25) is 0 Å². The molecule has 1 atom stereocenters. The number of esters is 1. The molecule has 2 amide bonds. The van der Waals surface area contributed by atoms with Crippen LogP contribution in [0.25, 0.3) is 0 Å². The Kier molecular flexibility index (Phi) is 3.93. The standard InChI is InChI=1S/C14H16N4O3S/c1-8(12(19)21-2)16-13(20)17-9-3-4-11-10(7-9)18-6-5-15-14(18)22-11/h3-4,7-8H,5-6H2,1-2H3,(H2,16,17,20). The summed E-state index contributed by atoms with van der Waals surface area (Å²) in [7, 11) is 1.28. The SMILES string of the molecule is COC(=O)C(C)NC(=O)Nc1ccc2c(c1)N1CCN=C1S2. The Bertz CT molecular complexity index is 661. The molecule has 22 heavy (non-hydrogen) atoms. The minimum Gasteiger partial charge on any atom is -0.467 e. The fraction of sp³-hybridized carbons (Fsp3) is 0.357. The maximum atomic E-state index is 11.9. The Morgan fingerprint density at radius 3 is 3.05 bits per heavy atom. The number of amidine groups is 1. The quantitative estimate of drug-likeness (QED) is 0.828. The molecule has 2 heterocycles. The van der Waals surface area contributed by atoms with Gasteiger partial charge in [0.05, 0.1) is 19.3 Å². The zero-order chi connectivity index (χ0) is 15.7. The molecule has 7 nitrogen and oxygen atoms in total. The number of carbonyl (C=O) groups is 2. The molecule has 0 fully saturated rings. The minimum absolute atomic E-state index is 0.446. The highest BCUT2D eigenvalue weighted by Crippen LogP contribution is 2.43. The van der Waals surface area contributed by atoms with Gasteiger partial charge in [-0.1, -0.05) is 0 Å². The summed E-state index contributed by atoms with van der Waals surface area (Å²) in [5.74, 6) is -0.488. The largest absolute Gasteiger partial charge is 0.467 e. The summed E-state index contributed by atoms with van der Waals surface area (Å²) in [5, 5.41) is 6.26. The lowest BCUT2D eigenvalue weighted by molar-refractivity contribution is -0.142. The van der Waals surface area contributed by atoms with Gasteiger partial charge in [0.15, 0.2) is 5.17 Å². The van der Waals surface area contributed by atoms with Crippen LogP contribution in [0.1, 0.15) is 6.92 Å². The smallest absolute Gasteiger partial charge is 0.328 e. The fourth-order valence-electron chi connectivity index (χ4n) is 2.33. The van der Waals surface area contributed by atoms with Crippen LogP contribution in [0.4, 0.5) is 16.2 Å². The van der Waals surface area contributed by atoms with Crippen molar-refractivity contribution in [3.63, 3.8) is 0 Å². The number of methoxy groups -OCH3 is 1. The number of nitrogens with zero attached hydrogens (tertiary/aromatic N) is 2. The van der Waals surface area contributed by atoms with Gasteiger partial charge in [0.2, 0.25) is 0 Å². The van der Waals surface area contributed by atoms with E-state index in [1.165, 1.54) is 7.11 Å². The van der Waals surface area contributed by atoms with Crippen molar-refractivity contribution in [3.05, 3.63) is 18.2 Å². The Hall–Kier alpha value is -2.22. The van der Waals surface area contributed by atoms with Gasteiger partial charge in [0.1, 0.15) is 6.04 Å². The number of urea groups is 1. The van der Waals surface area contributed by atoms with Crippen LogP contribution in [-0.2, 0) is 9.53 Å². The number of rotatable bonds is 3. The third kappa shape index (κ3) is 2.74. The van der Waals surface area contributed by atoms with Crippen molar-refractivity contribution < 1.29 is 14.3 Å². The maximum Gasteiger partial charge on any atom is 0.328 e. The van der Waals surface area contributed by atoms with E-state index in [9.17, 15) is 9.59 Å². The maximum absolute atomic E-state index is 11.9. The van der Waals surface area contributed by atoms with Gasteiger partial charge >= 0.3 is 12.0 Å². The molecule has 0 aromatic heterocycles. The molecule has 0 radical (unpaired) electrons. The molecule has 3 rings (SSSR count). The number of amides is 2. The number of ether oxygens (including phenoxy) is 1. The van der Waals surface area contributed by atoms with Crippen molar-refractivity contribution in [2.24, 2.45) is 4.99 Å². The predicted molar refractivity (Wildman–Crippen MR) is 85.6 cm³/mol. The normalized spacial score (nSPS) is 16.5. The zero-order valence-electron chi connectivity index (χ0n) is 12.3. The predicted octanol–water partition coefficient (Wildman–Crippen LogP) is 1.65. The summed E-state index contributed by atoms with van der Waals surface area (Å²) in [6.07, 6.45) is 0. The van der Waals surface area contributed by atoms with Crippen LogP contribution < -0.4 is 15.5 Å². The molecule has 0 spiro atoms. The van der Waals surface area contributed by atoms with Crippen molar-refractivity contribution in [1.82, 2.24) is 5.32 Å². The monoisotopic (exact) mass is 320 g/mol. The molecule has 0 aliphatic carbocycles. The summed E-state index contributed by atoms with van der Waals surface area (Å²) in [4.78, 5) is 30.9. The van der Waals surface area contributed by atoms with E-state index in [2.05, 4.69) is 25.3 Å². The molecule has 0 saturated heterocycles. The molecular weight excluding hydrogens is 304 g/mol. The van der Waals surface area contributed by atoms with Gasteiger partial charge in [-0.2, -0.15) is 0 Å². The molecule has 1 unspecified atom stereocenters. The Morgan fingerprint density at radius 1 is 1.45 bits per heavy atom. The molecule has 0 bridgehead atoms. The first-order valence-corrected chi connectivity index (χ1v) is 7.69. The minimum atomic E-state index is -0.702. The first-order chi connectivity index (χ1) is 10.6. The summed E-state index contributed by atoms with van der Waals surface area (Å²) in [5.41, 5.74) is 1.72. The Labute approximate surface area is 132 Å². The summed E-state index contributed by atoms with van der Waals surface area (Å²) < 4.78 is 4.57. The zero-order valence-corrected chi connectivity index (χ0v) is 13.1. The third-order valence-corrected chi connectivity index (χ3v) is 4.51. The van der Waals surface area contributed by atoms with E-state index in [0.717, 1.165) is 28.8 Å². The van der Waals surface area contributed by atoms with Crippen LogP contribution in [0.5, 0.6) is 0 Å². The number of benzene rings is 1. The second-order valence-corrected chi connectivity index (χ2v) is 5.95. The second kappa shape index (κ2) is 5.88. The lowest BCUT2D eigenvalue weighted by Crippen LogP contribution is -2.41. The molecular formula is C14H16N4O3S. The van der Waals surface area contributed by atoms with Gasteiger partial charge in [-0.25, -0.2) is 9.59 Å². The molecule has 8 heteroatoms. The van der Waals surface area contributed by atoms with Crippen molar-refractivity contribution in [2.45, 2.75) is 17.9 Å².